The Morgan fingerprint density at radius 2 is 1.88 bits per heavy atom. The van der Waals surface area contributed by atoms with Crippen LogP contribution in [0.4, 0.5) is 4.39 Å². The first-order valence-corrected chi connectivity index (χ1v) is 11.9. The third-order valence-electron chi connectivity index (χ3n) is 5.56. The third kappa shape index (κ3) is 3.39. The first kappa shape index (κ1) is 19.7. The molecular formula is C21H16FN7O3S. The Balaban J connectivity index is 1.52. The van der Waals surface area contributed by atoms with Crippen molar-refractivity contribution in [3.63, 3.8) is 0 Å². The Morgan fingerprint density at radius 3 is 2.58 bits per heavy atom. The Bertz CT molecular complexity index is 1610. The van der Waals surface area contributed by atoms with Crippen LogP contribution in [0.1, 0.15) is 6.04 Å². The fourth-order valence-electron chi connectivity index (χ4n) is 3.92. The second kappa shape index (κ2) is 7.04. The van der Waals surface area contributed by atoms with E-state index in [0.717, 1.165) is 0 Å². The molecule has 0 atom stereocenters. The van der Waals surface area contributed by atoms with E-state index >= 15 is 0 Å². The van der Waals surface area contributed by atoms with Crippen molar-refractivity contribution in [3.05, 3.63) is 54.9 Å². The lowest BCUT2D eigenvalue weighted by Gasteiger charge is -2.25. The van der Waals surface area contributed by atoms with Gasteiger partial charge in [0.1, 0.15) is 23.5 Å². The second-order valence-electron chi connectivity index (χ2n) is 7.94. The molecule has 0 unspecified atom stereocenters. The van der Waals surface area contributed by atoms with Gasteiger partial charge in [-0.3, -0.25) is 9.36 Å². The molecule has 4 aromatic heterocycles. The first-order chi connectivity index (χ1) is 15.9. The molecule has 0 bridgehead atoms. The first-order valence-electron chi connectivity index (χ1n) is 10.0. The number of halogens is 1. The van der Waals surface area contributed by atoms with E-state index in [1.54, 1.807) is 47.0 Å². The van der Waals surface area contributed by atoms with Crippen LogP contribution >= 0.6 is 0 Å². The van der Waals surface area contributed by atoms with Gasteiger partial charge in [-0.05, 0) is 30.3 Å². The van der Waals surface area contributed by atoms with E-state index in [-0.39, 0.29) is 23.4 Å². The van der Waals surface area contributed by atoms with E-state index in [2.05, 4.69) is 25.4 Å². The quantitative estimate of drug-likeness (QED) is 0.397. The summed E-state index contributed by atoms with van der Waals surface area (Å²) in [5.41, 5.74) is 3.37. The van der Waals surface area contributed by atoms with Crippen LogP contribution in [-0.4, -0.2) is 54.7 Å². The molecule has 0 amide bonds. The lowest BCUT2D eigenvalue weighted by Crippen LogP contribution is -2.38. The molecule has 0 saturated carbocycles. The highest BCUT2D eigenvalue weighted by Crippen LogP contribution is 2.37. The monoisotopic (exact) mass is 465 g/mol. The number of benzene rings is 1. The minimum atomic E-state index is -3.04. The molecule has 166 valence electrons. The van der Waals surface area contributed by atoms with E-state index in [1.807, 2.05) is 0 Å². The van der Waals surface area contributed by atoms with Crippen LogP contribution in [0, 0.1) is 5.82 Å². The molecular weight excluding hydrogens is 449 g/mol. The summed E-state index contributed by atoms with van der Waals surface area (Å²) in [6.07, 6.45) is 4.89. The number of rotatable bonds is 4. The normalized spacial score (nSPS) is 15.7. The Hall–Kier alpha value is -3.93. The molecule has 0 N–H and O–H groups in total. The van der Waals surface area contributed by atoms with Crippen LogP contribution in [0.2, 0.25) is 0 Å². The average molecular weight is 465 g/mol. The number of nitrogens with zero attached hydrogens (tertiary/aromatic N) is 7. The number of hydrogen-bond acceptors (Lipinski definition) is 8. The molecule has 6 rings (SSSR count). The van der Waals surface area contributed by atoms with Gasteiger partial charge in [-0.25, -0.2) is 22.8 Å². The van der Waals surface area contributed by atoms with Gasteiger partial charge in [-0.1, -0.05) is 5.21 Å². The fourth-order valence-corrected chi connectivity index (χ4v) is 5.30. The lowest BCUT2D eigenvalue weighted by atomic mass is 10.0. The highest BCUT2D eigenvalue weighted by atomic mass is 32.2. The van der Waals surface area contributed by atoms with Crippen LogP contribution in [-0.2, 0) is 16.9 Å². The third-order valence-corrected chi connectivity index (χ3v) is 7.34. The summed E-state index contributed by atoms with van der Waals surface area (Å²) >= 11 is 0. The standard InChI is InChI=1S/C21H16FN7O3S/c1-28-8-17(25-27-28)18-6-15-20(23-11-24-21(15)32-18)16-7-29(14-9-33(30,31)10-14)26-19(16)12-2-4-13(22)5-3-12/h2-8,11,14H,9-10H2,1H3. The summed E-state index contributed by atoms with van der Waals surface area (Å²) in [7, 11) is -1.28. The Labute approximate surface area is 186 Å². The summed E-state index contributed by atoms with van der Waals surface area (Å²) < 4.78 is 46.1. The van der Waals surface area contributed by atoms with Gasteiger partial charge in [0, 0.05) is 24.4 Å². The van der Waals surface area contributed by atoms with E-state index in [1.165, 1.54) is 18.5 Å². The van der Waals surface area contributed by atoms with Gasteiger partial charge in [-0.2, -0.15) is 5.10 Å². The molecule has 1 saturated heterocycles. The molecule has 12 heteroatoms. The molecule has 5 aromatic rings. The lowest BCUT2D eigenvalue weighted by molar-refractivity contribution is 0.474. The maximum Gasteiger partial charge on any atom is 0.230 e. The van der Waals surface area contributed by atoms with Crippen LogP contribution in [0.3, 0.4) is 0 Å². The Morgan fingerprint density at radius 1 is 1.09 bits per heavy atom. The molecule has 10 nitrogen and oxygen atoms in total. The summed E-state index contributed by atoms with van der Waals surface area (Å²) in [5.74, 6) is 0.176. The average Bonchev–Trinajstić information content (AvgIpc) is 3.49. The molecule has 1 aliphatic rings. The van der Waals surface area contributed by atoms with Crippen molar-refractivity contribution < 1.29 is 17.2 Å². The van der Waals surface area contributed by atoms with Crippen molar-refractivity contribution in [2.45, 2.75) is 6.04 Å². The van der Waals surface area contributed by atoms with Crippen molar-refractivity contribution >= 4 is 20.9 Å². The number of aromatic nitrogens is 7. The zero-order valence-corrected chi connectivity index (χ0v) is 18.1. The smallest absolute Gasteiger partial charge is 0.230 e. The molecule has 1 aliphatic heterocycles. The van der Waals surface area contributed by atoms with Crippen molar-refractivity contribution in [3.8, 4) is 34.0 Å². The van der Waals surface area contributed by atoms with Gasteiger partial charge in [0.05, 0.1) is 34.8 Å². The molecule has 0 spiro atoms. The van der Waals surface area contributed by atoms with Gasteiger partial charge in [0.15, 0.2) is 15.6 Å². The molecule has 1 aromatic carbocycles. The number of sulfone groups is 1. The molecule has 0 aliphatic carbocycles. The largest absolute Gasteiger partial charge is 0.436 e. The van der Waals surface area contributed by atoms with Crippen molar-refractivity contribution in [2.24, 2.45) is 7.05 Å². The van der Waals surface area contributed by atoms with Crippen LogP contribution < -0.4 is 0 Å². The molecule has 5 heterocycles. The van der Waals surface area contributed by atoms with Crippen LogP contribution in [0.5, 0.6) is 0 Å². The summed E-state index contributed by atoms with van der Waals surface area (Å²) in [6.45, 7) is 0. The second-order valence-corrected chi connectivity index (χ2v) is 10.1. The fraction of sp³-hybridized carbons (Fsp3) is 0.190. The minimum Gasteiger partial charge on any atom is -0.436 e. The van der Waals surface area contributed by atoms with E-state index in [9.17, 15) is 12.8 Å². The van der Waals surface area contributed by atoms with Gasteiger partial charge < -0.3 is 4.42 Å². The van der Waals surface area contributed by atoms with Crippen LogP contribution in [0.25, 0.3) is 45.1 Å². The minimum absolute atomic E-state index is 0.0265. The van der Waals surface area contributed by atoms with Crippen molar-refractivity contribution in [1.82, 2.24) is 34.7 Å². The van der Waals surface area contributed by atoms with Crippen molar-refractivity contribution in [1.29, 1.82) is 0 Å². The zero-order valence-electron chi connectivity index (χ0n) is 17.3. The van der Waals surface area contributed by atoms with E-state index in [4.69, 9.17) is 4.42 Å². The highest BCUT2D eigenvalue weighted by Gasteiger charge is 2.36. The van der Waals surface area contributed by atoms with Gasteiger partial charge in [-0.15, -0.1) is 5.10 Å². The van der Waals surface area contributed by atoms with Gasteiger partial charge >= 0.3 is 0 Å². The topological polar surface area (TPSA) is 122 Å². The zero-order chi connectivity index (χ0) is 22.7. The Kier molecular flexibility index (Phi) is 4.21. The number of aryl methyl sites for hydroxylation is 1. The maximum atomic E-state index is 13.5. The van der Waals surface area contributed by atoms with E-state index in [0.29, 0.717) is 45.1 Å². The number of furan rings is 1. The highest BCUT2D eigenvalue weighted by molar-refractivity contribution is 7.92. The summed E-state index contributed by atoms with van der Waals surface area (Å²) in [5, 5.41) is 13.3. The predicted molar refractivity (Wildman–Crippen MR) is 116 cm³/mol. The molecule has 1 fully saturated rings. The van der Waals surface area contributed by atoms with Gasteiger partial charge in [0.25, 0.3) is 0 Å². The number of fused-ring (bicyclic) bond motifs is 1. The summed E-state index contributed by atoms with van der Waals surface area (Å²) in [6, 6.07) is 7.48. The molecule has 0 radical (unpaired) electrons. The maximum absolute atomic E-state index is 13.5. The van der Waals surface area contributed by atoms with E-state index < -0.39 is 9.84 Å². The summed E-state index contributed by atoms with van der Waals surface area (Å²) in [4.78, 5) is 8.71. The van der Waals surface area contributed by atoms with Crippen LogP contribution in [0.15, 0.2) is 53.5 Å². The predicted octanol–water partition coefficient (Wildman–Crippen LogP) is 2.66. The van der Waals surface area contributed by atoms with Gasteiger partial charge in [0.2, 0.25) is 5.71 Å². The molecule has 33 heavy (non-hydrogen) atoms. The SMILES string of the molecule is Cn1cc(-c2cc3c(-c4cn(C5CS(=O)(=O)C5)nc4-c4ccc(F)cc4)ncnc3o2)nn1. The number of hydrogen-bond donors (Lipinski definition) is 0. The van der Waals surface area contributed by atoms with Crippen molar-refractivity contribution in [2.75, 3.05) is 11.5 Å².